The molecule has 0 saturated carbocycles. The van der Waals surface area contributed by atoms with E-state index in [0.717, 1.165) is 0 Å². The Kier molecular flexibility index (Phi) is 3.18. The number of rotatable bonds is 3. The van der Waals surface area contributed by atoms with Gasteiger partial charge in [0.2, 0.25) is 17.7 Å². The molecule has 1 atom stereocenters. The number of anilines is 1. The summed E-state index contributed by atoms with van der Waals surface area (Å²) in [6.45, 7) is 0. The number of nitrogens with one attached hydrogen (secondary N) is 2. The van der Waals surface area contributed by atoms with E-state index in [9.17, 15) is 14.4 Å². The Hall–Kier alpha value is -2.17. The molecule has 17 heavy (non-hydrogen) atoms. The molecule has 1 aliphatic heterocycles. The average Bonchev–Trinajstić information content (AvgIpc) is 2.58. The summed E-state index contributed by atoms with van der Waals surface area (Å²) in [5.41, 5.74) is 0.683. The minimum atomic E-state index is -0.536. The van der Waals surface area contributed by atoms with Crippen LogP contribution in [-0.2, 0) is 14.4 Å². The number of imide groups is 1. The molecule has 1 saturated heterocycles. The lowest BCUT2D eigenvalue weighted by Crippen LogP contribution is -2.24. The Morgan fingerprint density at radius 3 is 2.59 bits per heavy atom. The maximum atomic E-state index is 11.6. The monoisotopic (exact) mass is 232 g/mol. The third-order valence-corrected chi connectivity index (χ3v) is 2.55. The molecule has 1 aromatic carbocycles. The highest BCUT2D eigenvalue weighted by Crippen LogP contribution is 2.16. The Balaban J connectivity index is 1.90. The minimum Gasteiger partial charge on any atom is -0.326 e. The quantitative estimate of drug-likeness (QED) is 0.752. The predicted octanol–water partition coefficient (Wildman–Crippen LogP) is 0.678. The summed E-state index contributed by atoms with van der Waals surface area (Å²) in [5.74, 6) is -1.47. The third-order valence-electron chi connectivity index (χ3n) is 2.55. The summed E-state index contributed by atoms with van der Waals surface area (Å²) in [4.78, 5) is 33.8. The number of amides is 3. The molecule has 0 bridgehead atoms. The molecule has 3 amide bonds. The first kappa shape index (κ1) is 11.3. The first-order chi connectivity index (χ1) is 8.15. The molecule has 1 fully saturated rings. The van der Waals surface area contributed by atoms with E-state index in [1.54, 1.807) is 24.3 Å². The summed E-state index contributed by atoms with van der Waals surface area (Å²) in [5, 5.41) is 4.85. The SMILES string of the molecule is O=C1CC(CC(=O)Nc2ccccc2)C(=O)N1. The zero-order valence-corrected chi connectivity index (χ0v) is 9.10. The van der Waals surface area contributed by atoms with Crippen molar-refractivity contribution in [3.63, 3.8) is 0 Å². The van der Waals surface area contributed by atoms with Crippen LogP contribution in [0.15, 0.2) is 30.3 Å². The van der Waals surface area contributed by atoms with Crippen LogP contribution in [-0.4, -0.2) is 17.7 Å². The normalized spacial score (nSPS) is 18.9. The van der Waals surface area contributed by atoms with Crippen molar-refractivity contribution in [3.05, 3.63) is 30.3 Å². The van der Waals surface area contributed by atoms with E-state index in [2.05, 4.69) is 10.6 Å². The fourth-order valence-electron chi connectivity index (χ4n) is 1.73. The highest BCUT2D eigenvalue weighted by Gasteiger charge is 2.32. The van der Waals surface area contributed by atoms with Crippen LogP contribution < -0.4 is 10.6 Å². The molecule has 1 aromatic rings. The molecule has 1 heterocycles. The molecule has 0 spiro atoms. The van der Waals surface area contributed by atoms with Crippen LogP contribution in [0.25, 0.3) is 0 Å². The molecule has 0 radical (unpaired) electrons. The second-order valence-electron chi connectivity index (χ2n) is 3.93. The Morgan fingerprint density at radius 2 is 2.00 bits per heavy atom. The highest BCUT2D eigenvalue weighted by molar-refractivity contribution is 6.05. The van der Waals surface area contributed by atoms with E-state index in [4.69, 9.17) is 0 Å². The summed E-state index contributed by atoms with van der Waals surface area (Å²) in [6, 6.07) is 8.98. The average molecular weight is 232 g/mol. The van der Waals surface area contributed by atoms with E-state index in [1.165, 1.54) is 0 Å². The van der Waals surface area contributed by atoms with Gasteiger partial charge in [-0.25, -0.2) is 0 Å². The van der Waals surface area contributed by atoms with Gasteiger partial charge in [-0.05, 0) is 12.1 Å². The van der Waals surface area contributed by atoms with Crippen LogP contribution >= 0.6 is 0 Å². The summed E-state index contributed by atoms with van der Waals surface area (Å²) in [7, 11) is 0. The maximum Gasteiger partial charge on any atom is 0.230 e. The zero-order valence-electron chi connectivity index (χ0n) is 9.10. The van der Waals surface area contributed by atoms with E-state index >= 15 is 0 Å². The van der Waals surface area contributed by atoms with Gasteiger partial charge in [-0.3, -0.25) is 19.7 Å². The van der Waals surface area contributed by atoms with Crippen molar-refractivity contribution in [3.8, 4) is 0 Å². The smallest absolute Gasteiger partial charge is 0.230 e. The first-order valence-corrected chi connectivity index (χ1v) is 5.34. The highest BCUT2D eigenvalue weighted by atomic mass is 16.2. The van der Waals surface area contributed by atoms with Crippen molar-refractivity contribution >= 4 is 23.4 Å². The van der Waals surface area contributed by atoms with E-state index in [1.807, 2.05) is 6.07 Å². The van der Waals surface area contributed by atoms with Gasteiger partial charge in [0.25, 0.3) is 0 Å². The van der Waals surface area contributed by atoms with Crippen molar-refractivity contribution in [2.24, 2.45) is 5.92 Å². The minimum absolute atomic E-state index is 0.0342. The van der Waals surface area contributed by atoms with Gasteiger partial charge in [-0.15, -0.1) is 0 Å². The van der Waals surface area contributed by atoms with Gasteiger partial charge in [0.1, 0.15) is 0 Å². The van der Waals surface area contributed by atoms with Crippen LogP contribution in [0.5, 0.6) is 0 Å². The van der Waals surface area contributed by atoms with E-state index in [-0.39, 0.29) is 30.6 Å². The molecular formula is C12H12N2O3. The van der Waals surface area contributed by atoms with Crippen molar-refractivity contribution < 1.29 is 14.4 Å². The summed E-state index contributed by atoms with van der Waals surface area (Å²) >= 11 is 0. The first-order valence-electron chi connectivity index (χ1n) is 5.34. The topological polar surface area (TPSA) is 75.3 Å². The molecule has 2 rings (SSSR count). The molecule has 0 aliphatic carbocycles. The predicted molar refractivity (Wildman–Crippen MR) is 60.9 cm³/mol. The van der Waals surface area contributed by atoms with Gasteiger partial charge >= 0.3 is 0 Å². The van der Waals surface area contributed by atoms with Crippen molar-refractivity contribution in [1.82, 2.24) is 5.32 Å². The number of hydrogen-bond donors (Lipinski definition) is 2. The number of hydrogen-bond acceptors (Lipinski definition) is 3. The van der Waals surface area contributed by atoms with Gasteiger partial charge in [0.05, 0.1) is 5.92 Å². The van der Waals surface area contributed by atoms with Gasteiger partial charge in [0.15, 0.2) is 0 Å². The number of para-hydroxylation sites is 1. The lowest BCUT2D eigenvalue weighted by atomic mass is 10.0. The van der Waals surface area contributed by atoms with Gasteiger partial charge in [0, 0.05) is 18.5 Å². The van der Waals surface area contributed by atoms with Crippen LogP contribution in [0.2, 0.25) is 0 Å². The maximum absolute atomic E-state index is 11.6. The molecule has 1 aliphatic rings. The molecule has 5 nitrogen and oxygen atoms in total. The second-order valence-corrected chi connectivity index (χ2v) is 3.93. The number of benzene rings is 1. The van der Waals surface area contributed by atoms with Crippen LogP contribution in [0, 0.1) is 5.92 Å². The fourth-order valence-corrected chi connectivity index (χ4v) is 1.73. The zero-order chi connectivity index (χ0) is 12.3. The standard InChI is InChI=1S/C12H12N2O3/c15-10(13-9-4-2-1-3-5-9)6-8-7-11(16)14-12(8)17/h1-5,8H,6-7H2,(H,13,15)(H,14,16,17). The van der Waals surface area contributed by atoms with E-state index < -0.39 is 5.92 Å². The molecule has 5 heteroatoms. The van der Waals surface area contributed by atoms with Crippen LogP contribution in [0.3, 0.4) is 0 Å². The Bertz CT molecular complexity index is 456. The lowest BCUT2D eigenvalue weighted by Gasteiger charge is -2.07. The fraction of sp³-hybridized carbons (Fsp3) is 0.250. The van der Waals surface area contributed by atoms with E-state index in [0.29, 0.717) is 5.69 Å². The molecule has 88 valence electrons. The Labute approximate surface area is 98.2 Å². The largest absolute Gasteiger partial charge is 0.326 e. The van der Waals surface area contributed by atoms with Crippen molar-refractivity contribution in [1.29, 1.82) is 0 Å². The number of carbonyl (C=O) groups excluding carboxylic acids is 3. The Morgan fingerprint density at radius 1 is 1.29 bits per heavy atom. The van der Waals surface area contributed by atoms with Crippen molar-refractivity contribution in [2.75, 3.05) is 5.32 Å². The lowest BCUT2D eigenvalue weighted by molar-refractivity contribution is -0.127. The summed E-state index contributed by atoms with van der Waals surface area (Å²) < 4.78 is 0. The molecule has 1 unspecified atom stereocenters. The third kappa shape index (κ3) is 2.90. The summed E-state index contributed by atoms with van der Waals surface area (Å²) in [6.07, 6.45) is 0.132. The van der Waals surface area contributed by atoms with Crippen LogP contribution in [0.1, 0.15) is 12.8 Å². The van der Waals surface area contributed by atoms with Crippen molar-refractivity contribution in [2.45, 2.75) is 12.8 Å². The number of carbonyl (C=O) groups is 3. The molecule has 2 N–H and O–H groups in total. The van der Waals surface area contributed by atoms with Gasteiger partial charge in [-0.2, -0.15) is 0 Å². The van der Waals surface area contributed by atoms with Crippen LogP contribution in [0.4, 0.5) is 5.69 Å². The molecule has 0 aromatic heterocycles. The second kappa shape index (κ2) is 4.78. The molecular weight excluding hydrogens is 220 g/mol. The van der Waals surface area contributed by atoms with Gasteiger partial charge < -0.3 is 5.32 Å². The van der Waals surface area contributed by atoms with Gasteiger partial charge in [-0.1, -0.05) is 18.2 Å².